The number of aromatic nitrogens is 2. The first-order chi connectivity index (χ1) is 14.3. The molecule has 0 unspecified atom stereocenters. The molecule has 1 aromatic heterocycles. The van der Waals surface area contributed by atoms with Gasteiger partial charge in [-0.1, -0.05) is 54.1 Å². The molecule has 0 saturated heterocycles. The highest BCUT2D eigenvalue weighted by molar-refractivity contribution is 6.30. The zero-order valence-corrected chi connectivity index (χ0v) is 16.2. The molecule has 0 N–H and O–H groups in total. The predicted octanol–water partition coefficient (Wildman–Crippen LogP) is 6.23. The van der Waals surface area contributed by atoms with Gasteiger partial charge in [-0.25, -0.2) is 4.68 Å². The molecule has 3 aromatic carbocycles. The molecular weight excluding hydrogens is 413 g/mol. The normalized spacial score (nSPS) is 12.0. The summed E-state index contributed by atoms with van der Waals surface area (Å²) in [6, 6.07) is 18.4. The van der Waals surface area contributed by atoms with E-state index in [0.717, 1.165) is 12.1 Å². The van der Waals surface area contributed by atoms with Crippen LogP contribution in [0.5, 0.6) is 0 Å². The lowest BCUT2D eigenvalue weighted by Gasteiger charge is -2.06. The minimum absolute atomic E-state index is 0.235. The van der Waals surface area contributed by atoms with Gasteiger partial charge in [0.25, 0.3) is 0 Å². The molecule has 0 aliphatic heterocycles. The highest BCUT2D eigenvalue weighted by Gasteiger charge is 2.30. The summed E-state index contributed by atoms with van der Waals surface area (Å²) in [5.41, 5.74) is 0.822. The predicted molar refractivity (Wildman–Crippen MR) is 113 cm³/mol. The van der Waals surface area contributed by atoms with Crippen LogP contribution in [0.15, 0.2) is 77.6 Å². The number of hydrogen-bond acceptors (Lipinski definition) is 2. The van der Waals surface area contributed by atoms with Crippen LogP contribution in [0.2, 0.25) is 5.02 Å². The minimum Gasteiger partial charge on any atom is -0.288 e. The van der Waals surface area contributed by atoms with Gasteiger partial charge in [-0.3, -0.25) is 4.79 Å². The van der Waals surface area contributed by atoms with Crippen LogP contribution in [-0.2, 0) is 6.18 Å². The van der Waals surface area contributed by atoms with Gasteiger partial charge in [-0.2, -0.15) is 18.3 Å². The summed E-state index contributed by atoms with van der Waals surface area (Å²) in [5.74, 6) is 0. The fourth-order valence-corrected chi connectivity index (χ4v) is 3.32. The van der Waals surface area contributed by atoms with Gasteiger partial charge in [0.15, 0.2) is 0 Å². The quantitative estimate of drug-likeness (QED) is 0.389. The Morgan fingerprint density at radius 1 is 0.900 bits per heavy atom. The number of nitrogens with zero attached hydrogens (tertiary/aromatic N) is 2. The number of hydrogen-bond donors (Lipinski definition) is 0. The molecule has 3 nitrogen and oxygen atoms in total. The second kappa shape index (κ2) is 7.80. The van der Waals surface area contributed by atoms with Gasteiger partial charge >= 0.3 is 6.18 Å². The summed E-state index contributed by atoms with van der Waals surface area (Å²) < 4.78 is 40.4. The van der Waals surface area contributed by atoms with Crippen LogP contribution in [0.1, 0.15) is 16.8 Å². The van der Waals surface area contributed by atoms with Crippen LogP contribution in [0, 0.1) is 0 Å². The van der Waals surface area contributed by atoms with Crippen molar-refractivity contribution in [3.63, 3.8) is 0 Å². The van der Waals surface area contributed by atoms with Crippen LogP contribution in [-0.4, -0.2) is 9.78 Å². The van der Waals surface area contributed by atoms with Crippen LogP contribution >= 0.6 is 11.6 Å². The number of fused-ring (bicyclic) bond motifs is 1. The Morgan fingerprint density at radius 3 is 2.43 bits per heavy atom. The molecule has 0 bridgehead atoms. The third-order valence-corrected chi connectivity index (χ3v) is 4.74. The Balaban J connectivity index is 1.87. The monoisotopic (exact) mass is 426 g/mol. The average Bonchev–Trinajstić information content (AvgIpc) is 2.97. The molecule has 30 heavy (non-hydrogen) atoms. The fraction of sp³-hybridized carbons (Fsp3) is 0.0435. The number of halogens is 4. The smallest absolute Gasteiger partial charge is 0.288 e. The Bertz CT molecular complexity index is 1330. The third-order valence-electron chi connectivity index (χ3n) is 4.51. The van der Waals surface area contributed by atoms with E-state index in [9.17, 15) is 18.0 Å². The number of alkyl halides is 3. The molecule has 4 aromatic rings. The van der Waals surface area contributed by atoms with E-state index < -0.39 is 11.7 Å². The van der Waals surface area contributed by atoms with Crippen molar-refractivity contribution in [2.75, 3.05) is 0 Å². The maximum absolute atomic E-state index is 13.0. The van der Waals surface area contributed by atoms with Gasteiger partial charge in [0.05, 0.1) is 16.9 Å². The average molecular weight is 427 g/mol. The lowest BCUT2D eigenvalue weighted by atomic mass is 10.1. The van der Waals surface area contributed by atoms with Gasteiger partial charge in [0.2, 0.25) is 5.43 Å². The van der Waals surface area contributed by atoms with Crippen LogP contribution in [0.25, 0.3) is 28.7 Å². The van der Waals surface area contributed by atoms with Crippen molar-refractivity contribution in [1.82, 2.24) is 9.78 Å². The van der Waals surface area contributed by atoms with Gasteiger partial charge in [0.1, 0.15) is 5.52 Å². The van der Waals surface area contributed by atoms with E-state index in [1.807, 2.05) is 0 Å². The molecule has 0 amide bonds. The lowest BCUT2D eigenvalue weighted by Crippen LogP contribution is -2.04. The summed E-state index contributed by atoms with van der Waals surface area (Å²) in [7, 11) is 0. The minimum atomic E-state index is -4.42. The standard InChI is InChI=1S/C23H14ClF3N2O/c24-17-7-4-8-18(14-17)29-22-19(9-1-2-10-21(22)30)20(28-29)12-11-15-5-3-6-16(13-15)23(25,26)27/h1-14H/b12-11-. The van der Waals surface area contributed by atoms with E-state index in [1.165, 1.54) is 22.9 Å². The first kappa shape index (κ1) is 19.9. The molecule has 0 radical (unpaired) electrons. The van der Waals surface area contributed by atoms with Gasteiger partial charge in [-0.15, -0.1) is 0 Å². The topological polar surface area (TPSA) is 34.9 Å². The van der Waals surface area contributed by atoms with Gasteiger partial charge in [-0.05, 0) is 48.0 Å². The Hall–Kier alpha value is -3.38. The highest BCUT2D eigenvalue weighted by atomic mass is 35.5. The van der Waals surface area contributed by atoms with Crippen LogP contribution < -0.4 is 5.43 Å². The van der Waals surface area contributed by atoms with Gasteiger partial charge in [0, 0.05) is 10.4 Å². The van der Waals surface area contributed by atoms with Crippen LogP contribution in [0.4, 0.5) is 13.2 Å². The summed E-state index contributed by atoms with van der Waals surface area (Å²) in [5, 5.41) is 5.59. The van der Waals surface area contributed by atoms with Crippen molar-refractivity contribution in [3.8, 4) is 5.69 Å². The van der Waals surface area contributed by atoms with E-state index in [1.54, 1.807) is 54.6 Å². The number of rotatable bonds is 3. The van der Waals surface area contributed by atoms with Crippen molar-refractivity contribution in [2.24, 2.45) is 0 Å². The van der Waals surface area contributed by atoms with E-state index in [2.05, 4.69) is 5.10 Å². The summed E-state index contributed by atoms with van der Waals surface area (Å²) in [6.07, 6.45) is -1.29. The second-order valence-corrected chi connectivity index (χ2v) is 7.01. The zero-order valence-electron chi connectivity index (χ0n) is 15.4. The molecule has 4 rings (SSSR count). The molecule has 150 valence electrons. The highest BCUT2D eigenvalue weighted by Crippen LogP contribution is 2.30. The van der Waals surface area contributed by atoms with E-state index in [-0.39, 0.29) is 5.43 Å². The molecule has 0 aliphatic rings. The molecule has 0 atom stereocenters. The van der Waals surface area contributed by atoms with Crippen molar-refractivity contribution >= 4 is 34.7 Å². The summed E-state index contributed by atoms with van der Waals surface area (Å²) in [6.45, 7) is 0. The molecule has 0 saturated carbocycles. The van der Waals surface area contributed by atoms with E-state index >= 15 is 0 Å². The van der Waals surface area contributed by atoms with Crippen molar-refractivity contribution in [1.29, 1.82) is 0 Å². The van der Waals surface area contributed by atoms with E-state index in [4.69, 9.17) is 11.6 Å². The van der Waals surface area contributed by atoms with Crippen molar-refractivity contribution < 1.29 is 13.2 Å². The molecular formula is C23H14ClF3N2O. The lowest BCUT2D eigenvalue weighted by molar-refractivity contribution is -0.137. The fourth-order valence-electron chi connectivity index (χ4n) is 3.13. The Morgan fingerprint density at radius 2 is 1.67 bits per heavy atom. The first-order valence-electron chi connectivity index (χ1n) is 8.96. The maximum Gasteiger partial charge on any atom is 0.416 e. The van der Waals surface area contributed by atoms with Crippen molar-refractivity contribution in [3.05, 3.63) is 105 Å². The Labute approximate surface area is 174 Å². The largest absolute Gasteiger partial charge is 0.416 e. The molecule has 7 heteroatoms. The molecule has 0 aliphatic carbocycles. The third kappa shape index (κ3) is 4.00. The van der Waals surface area contributed by atoms with E-state index in [0.29, 0.717) is 32.9 Å². The summed E-state index contributed by atoms with van der Waals surface area (Å²) >= 11 is 6.09. The molecule has 0 spiro atoms. The molecule has 0 fully saturated rings. The molecule has 1 heterocycles. The number of benzene rings is 2. The SMILES string of the molecule is O=c1ccccc2c(/C=C\c3cccc(C(F)(F)F)c3)nn(-c3cccc(Cl)c3)c12. The van der Waals surface area contributed by atoms with Crippen LogP contribution in [0.3, 0.4) is 0 Å². The summed E-state index contributed by atoms with van der Waals surface area (Å²) in [4.78, 5) is 12.7. The maximum atomic E-state index is 13.0. The van der Waals surface area contributed by atoms with Crippen molar-refractivity contribution in [2.45, 2.75) is 6.18 Å². The second-order valence-electron chi connectivity index (χ2n) is 6.58. The Kier molecular flexibility index (Phi) is 5.18. The van der Waals surface area contributed by atoms with Gasteiger partial charge < -0.3 is 0 Å². The first-order valence-corrected chi connectivity index (χ1v) is 9.34. The zero-order chi connectivity index (χ0) is 21.3.